The Hall–Kier alpha value is -2.17. The molecule has 2 aromatic rings. The van der Waals surface area contributed by atoms with Gasteiger partial charge in [-0.15, -0.1) is 0 Å². The Balaban J connectivity index is 1.40. The van der Waals surface area contributed by atoms with Crippen molar-refractivity contribution in [2.45, 2.75) is 12.8 Å². The topological polar surface area (TPSA) is 35.2 Å². The third kappa shape index (κ3) is 2.87. The summed E-state index contributed by atoms with van der Waals surface area (Å²) in [5.74, 6) is -0.169. The summed E-state index contributed by atoms with van der Waals surface area (Å²) in [4.78, 5) is 15.0. The lowest BCUT2D eigenvalue weighted by molar-refractivity contribution is -1.04. The van der Waals surface area contributed by atoms with Crippen LogP contribution >= 0.6 is 0 Å². The van der Waals surface area contributed by atoms with Gasteiger partial charge in [0.05, 0.1) is 11.1 Å². The van der Waals surface area contributed by atoms with Crippen LogP contribution in [0.3, 0.4) is 0 Å². The summed E-state index contributed by atoms with van der Waals surface area (Å²) in [6.07, 6.45) is -0.114. The lowest BCUT2D eigenvalue weighted by Crippen LogP contribution is -3.27. The summed E-state index contributed by atoms with van der Waals surface area (Å²) in [6.45, 7) is 5.37. The highest BCUT2D eigenvalue weighted by molar-refractivity contribution is 5.93. The first-order valence-electron chi connectivity index (χ1n) is 8.33. The second-order valence-electron chi connectivity index (χ2n) is 6.44. The minimum Gasteiger partial charge on any atom is -0.404 e. The largest absolute Gasteiger partial charge is 0.404 e. The molecule has 1 fully saturated rings. The number of carbonyl (C=O) groups excluding carboxylic acids is 1. The molecule has 2 aliphatic rings. The van der Waals surface area contributed by atoms with E-state index in [0.29, 0.717) is 0 Å². The lowest BCUT2D eigenvalue weighted by atomic mass is 10.1. The molecule has 4 nitrogen and oxygen atoms in total. The molecule has 2 aliphatic heterocycles. The molecular formula is C19H22N2O2+2. The Morgan fingerprint density at radius 3 is 2.39 bits per heavy atom. The zero-order valence-electron chi connectivity index (χ0n) is 13.1. The van der Waals surface area contributed by atoms with Gasteiger partial charge in [-0.25, -0.2) is 4.79 Å². The molecule has 1 saturated heterocycles. The molecule has 1 unspecified atom stereocenters. The second-order valence-corrected chi connectivity index (χ2v) is 6.44. The van der Waals surface area contributed by atoms with Crippen molar-refractivity contribution in [3.05, 3.63) is 71.3 Å². The summed E-state index contributed by atoms with van der Waals surface area (Å²) >= 11 is 0. The molecule has 0 bridgehead atoms. The Morgan fingerprint density at radius 2 is 1.61 bits per heavy atom. The van der Waals surface area contributed by atoms with E-state index in [1.165, 1.54) is 10.5 Å². The number of rotatable bonds is 3. The van der Waals surface area contributed by atoms with E-state index < -0.39 is 0 Å². The van der Waals surface area contributed by atoms with Crippen LogP contribution in [0.15, 0.2) is 54.6 Å². The van der Waals surface area contributed by atoms with Gasteiger partial charge in [-0.1, -0.05) is 42.5 Å². The van der Waals surface area contributed by atoms with Gasteiger partial charge in [0, 0.05) is 5.56 Å². The minimum atomic E-state index is -0.169. The summed E-state index contributed by atoms with van der Waals surface area (Å²) in [6, 6.07) is 18.4. The number of piperazine rings is 1. The normalized spacial score (nSPS) is 26.6. The first-order chi connectivity index (χ1) is 11.3. The van der Waals surface area contributed by atoms with Gasteiger partial charge < -0.3 is 9.64 Å². The first kappa shape index (κ1) is 14.4. The molecule has 4 heteroatoms. The number of hydrogen-bond donors (Lipinski definition) is 2. The summed E-state index contributed by atoms with van der Waals surface area (Å²) in [5.41, 5.74) is 3.19. The Bertz CT molecular complexity index is 694. The van der Waals surface area contributed by atoms with Gasteiger partial charge in [0.1, 0.15) is 32.7 Å². The number of nitrogens with one attached hydrogen (secondary N) is 2. The van der Waals surface area contributed by atoms with Crippen LogP contribution in [0.2, 0.25) is 0 Å². The Morgan fingerprint density at radius 1 is 0.913 bits per heavy atom. The van der Waals surface area contributed by atoms with Crippen molar-refractivity contribution in [1.82, 2.24) is 0 Å². The van der Waals surface area contributed by atoms with Crippen LogP contribution in [0.1, 0.15) is 27.7 Å². The van der Waals surface area contributed by atoms with Crippen LogP contribution < -0.4 is 9.80 Å². The third-order valence-corrected chi connectivity index (χ3v) is 4.96. The van der Waals surface area contributed by atoms with Gasteiger partial charge >= 0.3 is 5.97 Å². The SMILES string of the molecule is O=C1OC([NH+]2CC[NH+](Cc3ccccc3)CC2)c2ccccc21. The number of benzene rings is 2. The molecule has 2 aromatic carbocycles. The smallest absolute Gasteiger partial charge is 0.343 e. The molecule has 23 heavy (non-hydrogen) atoms. The van der Waals surface area contributed by atoms with Crippen molar-refractivity contribution in [3.63, 3.8) is 0 Å². The fourth-order valence-electron chi connectivity index (χ4n) is 3.70. The van der Waals surface area contributed by atoms with Gasteiger partial charge in [0.25, 0.3) is 6.23 Å². The van der Waals surface area contributed by atoms with E-state index in [1.54, 1.807) is 4.90 Å². The molecule has 0 aliphatic carbocycles. The van der Waals surface area contributed by atoms with Crippen LogP contribution in [0.5, 0.6) is 0 Å². The fraction of sp³-hybridized carbons (Fsp3) is 0.316. The highest BCUT2D eigenvalue weighted by Gasteiger charge is 2.40. The molecule has 4 rings (SSSR count). The van der Waals surface area contributed by atoms with Crippen molar-refractivity contribution >= 4 is 5.97 Å². The average Bonchev–Trinajstić information content (AvgIpc) is 2.94. The predicted octanol–water partition coefficient (Wildman–Crippen LogP) is -0.161. The summed E-state index contributed by atoms with van der Waals surface area (Å²) in [7, 11) is 0. The zero-order chi connectivity index (χ0) is 15.6. The number of carbonyl (C=O) groups is 1. The summed E-state index contributed by atoms with van der Waals surface area (Å²) in [5, 5.41) is 0. The quantitative estimate of drug-likeness (QED) is 0.773. The van der Waals surface area contributed by atoms with Gasteiger partial charge in [-0.2, -0.15) is 0 Å². The molecule has 2 N–H and O–H groups in total. The van der Waals surface area contributed by atoms with Crippen molar-refractivity contribution in [1.29, 1.82) is 0 Å². The molecule has 0 radical (unpaired) electrons. The molecule has 0 spiro atoms. The van der Waals surface area contributed by atoms with Gasteiger partial charge in [-0.05, 0) is 12.1 Å². The number of cyclic esters (lactones) is 1. The number of fused-ring (bicyclic) bond motifs is 1. The highest BCUT2D eigenvalue weighted by atomic mass is 16.6. The molecule has 2 heterocycles. The van der Waals surface area contributed by atoms with Crippen molar-refractivity contribution in [2.75, 3.05) is 26.2 Å². The molecule has 118 valence electrons. The van der Waals surface area contributed by atoms with Gasteiger partial charge in [0.15, 0.2) is 0 Å². The van der Waals surface area contributed by atoms with E-state index in [4.69, 9.17) is 4.74 Å². The van der Waals surface area contributed by atoms with Crippen molar-refractivity contribution in [3.8, 4) is 0 Å². The number of quaternary nitrogens is 2. The van der Waals surface area contributed by atoms with Crippen LogP contribution in [0.4, 0.5) is 0 Å². The number of hydrogen-bond acceptors (Lipinski definition) is 2. The Labute approximate surface area is 136 Å². The van der Waals surface area contributed by atoms with E-state index in [9.17, 15) is 4.79 Å². The lowest BCUT2D eigenvalue weighted by Gasteiger charge is -2.32. The first-order valence-corrected chi connectivity index (χ1v) is 8.33. The molecular weight excluding hydrogens is 288 g/mol. The monoisotopic (exact) mass is 310 g/mol. The Kier molecular flexibility index (Phi) is 3.85. The molecule has 1 atom stereocenters. The highest BCUT2D eigenvalue weighted by Crippen LogP contribution is 2.25. The maximum atomic E-state index is 12.0. The third-order valence-electron chi connectivity index (χ3n) is 4.96. The maximum Gasteiger partial charge on any atom is 0.343 e. The molecule has 0 amide bonds. The van der Waals surface area contributed by atoms with E-state index in [-0.39, 0.29) is 12.2 Å². The number of esters is 1. The minimum absolute atomic E-state index is 0.114. The fourth-order valence-corrected chi connectivity index (χ4v) is 3.70. The van der Waals surface area contributed by atoms with Crippen LogP contribution in [0.25, 0.3) is 0 Å². The standard InChI is InChI=1S/C19H20N2O2/c22-19-17-9-5-4-8-16(17)18(23-19)21-12-10-20(11-13-21)14-15-6-2-1-3-7-15/h1-9,18H,10-14H2/p+2. The maximum absolute atomic E-state index is 12.0. The molecule has 0 saturated carbocycles. The number of ether oxygens (including phenoxy) is 1. The van der Waals surface area contributed by atoms with E-state index >= 15 is 0 Å². The predicted molar refractivity (Wildman–Crippen MR) is 86.1 cm³/mol. The van der Waals surface area contributed by atoms with Crippen LogP contribution in [-0.4, -0.2) is 32.1 Å². The van der Waals surface area contributed by atoms with Gasteiger partial charge in [0.2, 0.25) is 0 Å². The van der Waals surface area contributed by atoms with Gasteiger partial charge in [-0.3, -0.25) is 4.90 Å². The average molecular weight is 310 g/mol. The molecule has 0 aromatic heterocycles. The van der Waals surface area contributed by atoms with E-state index in [1.807, 2.05) is 24.3 Å². The van der Waals surface area contributed by atoms with Crippen LogP contribution in [0, 0.1) is 0 Å². The van der Waals surface area contributed by atoms with E-state index in [2.05, 4.69) is 30.3 Å². The van der Waals surface area contributed by atoms with Crippen LogP contribution in [-0.2, 0) is 11.3 Å². The van der Waals surface area contributed by atoms with Crippen molar-refractivity contribution < 1.29 is 19.3 Å². The zero-order valence-corrected chi connectivity index (χ0v) is 13.1. The second kappa shape index (κ2) is 6.14. The van der Waals surface area contributed by atoms with Crippen molar-refractivity contribution in [2.24, 2.45) is 0 Å². The summed E-state index contributed by atoms with van der Waals surface area (Å²) < 4.78 is 5.64. The van der Waals surface area contributed by atoms with E-state index in [0.717, 1.165) is 43.9 Å².